The van der Waals surface area contributed by atoms with Crippen molar-refractivity contribution >= 4 is 40.3 Å². The molecule has 3 aromatic rings. The fourth-order valence-corrected chi connectivity index (χ4v) is 2.19. The largest absolute Gasteiger partial charge is 0.321 e. The van der Waals surface area contributed by atoms with Gasteiger partial charge in [-0.15, -0.1) is 0 Å². The molecular weight excluding hydrogens is 297 g/mol. The standard InChI is InChI=1S/C14H9Cl2N3O/c15-10-1-2-12(16)13(6-10)18-14(20)9-3-4-19-8-17-7-11(19)5-9/h1-8H,(H,18,20). The Morgan fingerprint density at radius 2 is 2.05 bits per heavy atom. The van der Waals surface area contributed by atoms with Crippen molar-refractivity contribution in [1.29, 1.82) is 0 Å². The first-order valence-electron chi connectivity index (χ1n) is 5.81. The Balaban J connectivity index is 1.90. The van der Waals surface area contributed by atoms with Crippen LogP contribution >= 0.6 is 23.2 Å². The van der Waals surface area contributed by atoms with Crippen LogP contribution in [0.2, 0.25) is 10.0 Å². The topological polar surface area (TPSA) is 46.4 Å². The van der Waals surface area contributed by atoms with E-state index in [2.05, 4.69) is 10.3 Å². The van der Waals surface area contributed by atoms with Crippen LogP contribution in [0.25, 0.3) is 5.52 Å². The maximum absolute atomic E-state index is 12.2. The average Bonchev–Trinajstić information content (AvgIpc) is 2.90. The molecule has 0 saturated heterocycles. The molecule has 2 heterocycles. The molecule has 0 atom stereocenters. The molecule has 2 aromatic heterocycles. The quantitative estimate of drug-likeness (QED) is 0.780. The van der Waals surface area contributed by atoms with Crippen LogP contribution < -0.4 is 5.32 Å². The van der Waals surface area contributed by atoms with Gasteiger partial charge < -0.3 is 9.72 Å². The zero-order chi connectivity index (χ0) is 14.1. The second-order valence-electron chi connectivity index (χ2n) is 4.22. The number of halogens is 2. The van der Waals surface area contributed by atoms with Crippen molar-refractivity contribution in [3.8, 4) is 0 Å². The van der Waals surface area contributed by atoms with E-state index in [1.54, 1.807) is 49.1 Å². The molecular formula is C14H9Cl2N3O. The summed E-state index contributed by atoms with van der Waals surface area (Å²) in [6.45, 7) is 0. The van der Waals surface area contributed by atoms with Crippen molar-refractivity contribution in [2.45, 2.75) is 0 Å². The van der Waals surface area contributed by atoms with Crippen LogP contribution in [0.4, 0.5) is 5.69 Å². The normalized spacial score (nSPS) is 10.7. The van der Waals surface area contributed by atoms with Crippen molar-refractivity contribution in [1.82, 2.24) is 9.38 Å². The first kappa shape index (κ1) is 13.0. The highest BCUT2D eigenvalue weighted by atomic mass is 35.5. The summed E-state index contributed by atoms with van der Waals surface area (Å²) in [6, 6.07) is 8.37. The summed E-state index contributed by atoms with van der Waals surface area (Å²) in [6.07, 6.45) is 5.13. The van der Waals surface area contributed by atoms with E-state index in [1.807, 2.05) is 4.40 Å². The first-order chi connectivity index (χ1) is 9.63. The summed E-state index contributed by atoms with van der Waals surface area (Å²) in [4.78, 5) is 16.2. The highest BCUT2D eigenvalue weighted by molar-refractivity contribution is 6.35. The zero-order valence-corrected chi connectivity index (χ0v) is 11.7. The van der Waals surface area contributed by atoms with E-state index in [9.17, 15) is 4.79 Å². The van der Waals surface area contributed by atoms with Crippen molar-refractivity contribution < 1.29 is 4.79 Å². The Hall–Kier alpha value is -2.04. The summed E-state index contributed by atoms with van der Waals surface area (Å²) in [7, 11) is 0. The molecule has 100 valence electrons. The number of imidazole rings is 1. The van der Waals surface area contributed by atoms with E-state index in [-0.39, 0.29) is 5.91 Å². The lowest BCUT2D eigenvalue weighted by atomic mass is 10.2. The number of aromatic nitrogens is 2. The van der Waals surface area contributed by atoms with Crippen LogP contribution in [0.5, 0.6) is 0 Å². The maximum atomic E-state index is 12.2. The van der Waals surface area contributed by atoms with Crippen molar-refractivity contribution in [3.63, 3.8) is 0 Å². The predicted molar refractivity (Wildman–Crippen MR) is 79.6 cm³/mol. The maximum Gasteiger partial charge on any atom is 0.255 e. The minimum absolute atomic E-state index is 0.252. The van der Waals surface area contributed by atoms with Crippen LogP contribution in [0, 0.1) is 0 Å². The van der Waals surface area contributed by atoms with E-state index in [0.29, 0.717) is 21.3 Å². The summed E-state index contributed by atoms with van der Waals surface area (Å²) in [5, 5.41) is 3.69. The number of hydrogen-bond acceptors (Lipinski definition) is 2. The Labute approximate surface area is 125 Å². The molecule has 1 aromatic carbocycles. The van der Waals surface area contributed by atoms with Crippen LogP contribution in [-0.4, -0.2) is 15.3 Å². The molecule has 0 fully saturated rings. The molecule has 0 saturated carbocycles. The molecule has 0 spiro atoms. The van der Waals surface area contributed by atoms with Crippen LogP contribution in [-0.2, 0) is 0 Å². The third-order valence-corrected chi connectivity index (χ3v) is 3.42. The lowest BCUT2D eigenvalue weighted by molar-refractivity contribution is 0.102. The summed E-state index contributed by atoms with van der Waals surface area (Å²) >= 11 is 11.9. The van der Waals surface area contributed by atoms with Gasteiger partial charge in [-0.3, -0.25) is 4.79 Å². The van der Waals surface area contributed by atoms with Crippen molar-refractivity contribution in [2.75, 3.05) is 5.32 Å². The fraction of sp³-hybridized carbons (Fsp3) is 0. The Kier molecular flexibility index (Phi) is 3.34. The smallest absolute Gasteiger partial charge is 0.255 e. The number of fused-ring (bicyclic) bond motifs is 1. The van der Waals surface area contributed by atoms with Gasteiger partial charge in [0.2, 0.25) is 0 Å². The molecule has 20 heavy (non-hydrogen) atoms. The zero-order valence-electron chi connectivity index (χ0n) is 10.2. The number of benzene rings is 1. The van der Waals surface area contributed by atoms with E-state index >= 15 is 0 Å². The number of nitrogens with one attached hydrogen (secondary N) is 1. The number of hydrogen-bond donors (Lipinski definition) is 1. The minimum atomic E-state index is -0.252. The summed E-state index contributed by atoms with van der Waals surface area (Å²) < 4.78 is 1.82. The van der Waals surface area contributed by atoms with E-state index < -0.39 is 0 Å². The van der Waals surface area contributed by atoms with E-state index in [0.717, 1.165) is 5.52 Å². The van der Waals surface area contributed by atoms with Crippen LogP contribution in [0.1, 0.15) is 10.4 Å². The Morgan fingerprint density at radius 1 is 1.20 bits per heavy atom. The highest BCUT2D eigenvalue weighted by Crippen LogP contribution is 2.25. The van der Waals surface area contributed by atoms with Gasteiger partial charge in [0.25, 0.3) is 5.91 Å². The second-order valence-corrected chi connectivity index (χ2v) is 5.06. The Morgan fingerprint density at radius 3 is 2.90 bits per heavy atom. The molecule has 1 amide bonds. The van der Waals surface area contributed by atoms with Gasteiger partial charge in [-0.2, -0.15) is 0 Å². The minimum Gasteiger partial charge on any atom is -0.321 e. The van der Waals surface area contributed by atoms with E-state index in [4.69, 9.17) is 23.2 Å². The molecule has 1 N–H and O–H groups in total. The molecule has 6 heteroatoms. The number of rotatable bonds is 2. The molecule has 0 aliphatic heterocycles. The van der Waals surface area contributed by atoms with Gasteiger partial charge in [-0.05, 0) is 30.3 Å². The molecule has 0 aliphatic carbocycles. The average molecular weight is 306 g/mol. The SMILES string of the molecule is O=C(Nc1cc(Cl)ccc1Cl)c1ccn2cncc2c1. The third kappa shape index (κ3) is 2.48. The number of anilines is 1. The fourth-order valence-electron chi connectivity index (χ4n) is 1.85. The lowest BCUT2D eigenvalue weighted by Gasteiger charge is -2.08. The van der Waals surface area contributed by atoms with Crippen molar-refractivity contribution in [2.24, 2.45) is 0 Å². The summed E-state index contributed by atoms with van der Waals surface area (Å²) in [5.74, 6) is -0.252. The molecule has 0 unspecified atom stereocenters. The number of pyridine rings is 1. The van der Waals surface area contributed by atoms with Gasteiger partial charge in [-0.25, -0.2) is 4.98 Å². The van der Waals surface area contributed by atoms with E-state index in [1.165, 1.54) is 0 Å². The predicted octanol–water partition coefficient (Wildman–Crippen LogP) is 3.89. The number of nitrogens with zero attached hydrogens (tertiary/aromatic N) is 2. The molecule has 0 bridgehead atoms. The van der Waals surface area contributed by atoms with Gasteiger partial charge in [0, 0.05) is 16.8 Å². The van der Waals surface area contributed by atoms with Gasteiger partial charge in [0.05, 0.1) is 28.8 Å². The molecule has 3 rings (SSSR count). The van der Waals surface area contributed by atoms with Crippen molar-refractivity contribution in [3.05, 3.63) is 64.7 Å². The molecule has 0 radical (unpaired) electrons. The first-order valence-corrected chi connectivity index (χ1v) is 6.57. The number of carbonyl (C=O) groups excluding carboxylic acids is 1. The Bertz CT molecular complexity index is 798. The lowest BCUT2D eigenvalue weighted by Crippen LogP contribution is -2.12. The third-order valence-electron chi connectivity index (χ3n) is 2.85. The molecule has 4 nitrogen and oxygen atoms in total. The second kappa shape index (κ2) is 5.15. The van der Waals surface area contributed by atoms with Crippen LogP contribution in [0.15, 0.2) is 49.1 Å². The van der Waals surface area contributed by atoms with Gasteiger partial charge >= 0.3 is 0 Å². The monoisotopic (exact) mass is 305 g/mol. The number of carbonyl (C=O) groups is 1. The van der Waals surface area contributed by atoms with Gasteiger partial charge in [0.1, 0.15) is 0 Å². The molecule has 0 aliphatic rings. The number of amides is 1. The van der Waals surface area contributed by atoms with Gasteiger partial charge in [-0.1, -0.05) is 23.2 Å². The van der Waals surface area contributed by atoms with Crippen LogP contribution in [0.3, 0.4) is 0 Å². The summed E-state index contributed by atoms with van der Waals surface area (Å²) in [5.41, 5.74) is 1.85. The highest BCUT2D eigenvalue weighted by Gasteiger charge is 2.09. The van der Waals surface area contributed by atoms with Gasteiger partial charge in [0.15, 0.2) is 0 Å².